The van der Waals surface area contributed by atoms with Gasteiger partial charge in [-0.3, -0.25) is 19.5 Å². The first-order chi connectivity index (χ1) is 18.6. The van der Waals surface area contributed by atoms with Gasteiger partial charge in [-0.15, -0.1) is 0 Å². The number of nitrogens with two attached hydrogens (primary N) is 1. The minimum Gasteiger partial charge on any atom is -0.493 e. The van der Waals surface area contributed by atoms with Gasteiger partial charge < -0.3 is 19.9 Å². The van der Waals surface area contributed by atoms with Gasteiger partial charge in [0.1, 0.15) is 30.6 Å². The van der Waals surface area contributed by atoms with E-state index in [1.807, 2.05) is 0 Å². The monoisotopic (exact) mass is 578 g/mol. The highest BCUT2D eigenvalue weighted by Crippen LogP contribution is 2.35. The number of anilines is 1. The SMILES string of the molecule is CCS(=O)(=O)C[C@H](COc1ccc(N2C=NN3CC(c4ncc(Cl)cn4)C=C3C2=O)cc1OC)OC(=O)CN. The van der Waals surface area contributed by atoms with Crippen LogP contribution in [0.1, 0.15) is 18.7 Å². The van der Waals surface area contributed by atoms with Crippen LogP contribution in [0.3, 0.4) is 0 Å². The minimum atomic E-state index is -3.46. The molecule has 39 heavy (non-hydrogen) atoms. The molecule has 2 N–H and O–H groups in total. The molecular weight excluding hydrogens is 552 g/mol. The first-order valence-corrected chi connectivity index (χ1v) is 14.1. The van der Waals surface area contributed by atoms with Crippen LogP contribution < -0.4 is 20.1 Å². The quantitative estimate of drug-likeness (QED) is 0.379. The number of nitrogens with zero attached hydrogens (tertiary/aromatic N) is 5. The Kier molecular flexibility index (Phi) is 8.67. The zero-order chi connectivity index (χ0) is 28.2. The minimum absolute atomic E-state index is 0.117. The number of halogens is 1. The van der Waals surface area contributed by atoms with E-state index in [0.29, 0.717) is 28.8 Å². The number of hydrazone groups is 1. The zero-order valence-electron chi connectivity index (χ0n) is 21.2. The Morgan fingerprint density at radius 3 is 2.67 bits per heavy atom. The van der Waals surface area contributed by atoms with Crippen molar-refractivity contribution in [3.63, 3.8) is 0 Å². The predicted molar refractivity (Wildman–Crippen MR) is 142 cm³/mol. The summed E-state index contributed by atoms with van der Waals surface area (Å²) >= 11 is 5.88. The molecule has 1 aromatic carbocycles. The van der Waals surface area contributed by atoms with E-state index in [2.05, 4.69) is 15.1 Å². The van der Waals surface area contributed by atoms with E-state index in [-0.39, 0.29) is 35.7 Å². The van der Waals surface area contributed by atoms with Gasteiger partial charge in [-0.05, 0) is 18.2 Å². The lowest BCUT2D eigenvalue weighted by Crippen LogP contribution is -2.39. The van der Waals surface area contributed by atoms with E-state index in [1.165, 1.54) is 37.7 Å². The Balaban J connectivity index is 1.50. The molecule has 0 saturated carbocycles. The third-order valence-corrected chi connectivity index (χ3v) is 7.87. The lowest BCUT2D eigenvalue weighted by Gasteiger charge is -2.28. The lowest BCUT2D eigenvalue weighted by molar-refractivity contribution is -0.147. The van der Waals surface area contributed by atoms with Crippen LogP contribution in [0.25, 0.3) is 0 Å². The summed E-state index contributed by atoms with van der Waals surface area (Å²) in [6.45, 7) is 1.26. The Labute approximate surface area is 230 Å². The molecule has 2 aliphatic rings. The Morgan fingerprint density at radius 1 is 1.26 bits per heavy atom. The number of esters is 1. The van der Waals surface area contributed by atoms with Gasteiger partial charge in [-0.25, -0.2) is 18.4 Å². The normalized spacial score (nSPS) is 17.5. The summed E-state index contributed by atoms with van der Waals surface area (Å²) in [5.41, 5.74) is 6.13. The number of carbonyl (C=O) groups excluding carboxylic acids is 2. The molecule has 0 fully saturated rings. The van der Waals surface area contributed by atoms with E-state index in [9.17, 15) is 18.0 Å². The van der Waals surface area contributed by atoms with Crippen LogP contribution >= 0.6 is 11.6 Å². The van der Waals surface area contributed by atoms with E-state index in [4.69, 9.17) is 31.5 Å². The number of sulfone groups is 1. The average molecular weight is 579 g/mol. The second-order valence-corrected chi connectivity index (χ2v) is 11.4. The molecule has 3 heterocycles. The molecule has 4 rings (SSSR count). The van der Waals surface area contributed by atoms with Crippen molar-refractivity contribution in [3.8, 4) is 11.5 Å². The number of benzene rings is 1. The maximum atomic E-state index is 13.3. The first-order valence-electron chi connectivity index (χ1n) is 11.9. The summed E-state index contributed by atoms with van der Waals surface area (Å²) in [5, 5.41) is 6.39. The largest absolute Gasteiger partial charge is 0.493 e. The summed E-state index contributed by atoms with van der Waals surface area (Å²) < 4.78 is 40.5. The fourth-order valence-corrected chi connectivity index (χ4v) is 4.97. The molecule has 1 unspecified atom stereocenters. The number of hydrogen-bond acceptors (Lipinski definition) is 12. The third-order valence-electron chi connectivity index (χ3n) is 5.92. The van der Waals surface area contributed by atoms with Crippen LogP contribution in [0, 0.1) is 0 Å². The smallest absolute Gasteiger partial charge is 0.320 e. The van der Waals surface area contributed by atoms with E-state index >= 15 is 0 Å². The fourth-order valence-electron chi connectivity index (χ4n) is 3.91. The van der Waals surface area contributed by atoms with Crippen molar-refractivity contribution in [2.24, 2.45) is 10.8 Å². The first kappa shape index (κ1) is 28.3. The molecule has 0 saturated heterocycles. The Hall–Kier alpha value is -3.75. The van der Waals surface area contributed by atoms with E-state index in [0.717, 1.165) is 0 Å². The number of aromatic nitrogens is 2. The molecule has 13 nitrogen and oxygen atoms in total. The molecule has 1 amide bonds. The topological polar surface area (TPSA) is 167 Å². The van der Waals surface area contributed by atoms with Gasteiger partial charge in [0.25, 0.3) is 5.91 Å². The number of carbonyl (C=O) groups is 2. The van der Waals surface area contributed by atoms with Gasteiger partial charge in [0.2, 0.25) is 0 Å². The average Bonchev–Trinajstić information content (AvgIpc) is 3.37. The Bertz CT molecular complexity index is 1400. The number of amides is 1. The maximum absolute atomic E-state index is 13.3. The highest BCUT2D eigenvalue weighted by Gasteiger charge is 2.36. The number of ether oxygens (including phenoxy) is 3. The van der Waals surface area contributed by atoms with Gasteiger partial charge in [-0.1, -0.05) is 18.5 Å². The molecule has 0 aliphatic carbocycles. The van der Waals surface area contributed by atoms with Gasteiger partial charge in [0, 0.05) is 24.2 Å². The molecular formula is C24H27ClN6O7S. The van der Waals surface area contributed by atoms with Gasteiger partial charge >= 0.3 is 5.97 Å². The summed E-state index contributed by atoms with van der Waals surface area (Å²) in [6, 6.07) is 4.76. The van der Waals surface area contributed by atoms with Crippen molar-refractivity contribution in [3.05, 3.63) is 53.2 Å². The van der Waals surface area contributed by atoms with Crippen molar-refractivity contribution in [1.29, 1.82) is 0 Å². The zero-order valence-corrected chi connectivity index (χ0v) is 22.8. The van der Waals surface area contributed by atoms with Crippen LogP contribution in [0.2, 0.25) is 5.02 Å². The molecule has 1 aromatic heterocycles. The van der Waals surface area contributed by atoms with Crippen LogP contribution in [-0.4, -0.2) is 86.0 Å². The summed E-state index contributed by atoms with van der Waals surface area (Å²) in [4.78, 5) is 34.8. The second kappa shape index (κ2) is 12.0. The second-order valence-electron chi connectivity index (χ2n) is 8.57. The lowest BCUT2D eigenvalue weighted by atomic mass is 10.1. The molecule has 0 bridgehead atoms. The molecule has 208 valence electrons. The van der Waals surface area contributed by atoms with Crippen LogP contribution in [0.15, 0.2) is 47.5 Å². The highest BCUT2D eigenvalue weighted by atomic mass is 35.5. The molecule has 15 heteroatoms. The fraction of sp³-hybridized carbons (Fsp3) is 0.375. The molecule has 0 spiro atoms. The van der Waals surface area contributed by atoms with Crippen molar-refractivity contribution >= 4 is 45.3 Å². The Morgan fingerprint density at radius 2 is 2.00 bits per heavy atom. The van der Waals surface area contributed by atoms with Gasteiger partial charge in [0.05, 0.1) is 42.6 Å². The standard InChI is InChI=1S/C24H27ClN6O7S/c1-3-39(34,35)13-18(38-22(32)8-26)12-37-20-5-4-17(7-21(20)36-2)30-14-29-31-11-15(6-19(31)24(30)33)23-27-9-16(25)10-28-23/h4-7,9-10,14-15,18H,3,8,11-13,26H2,1-2H3/t15?,18-/m0/s1. The highest BCUT2D eigenvalue weighted by molar-refractivity contribution is 7.91. The summed E-state index contributed by atoms with van der Waals surface area (Å²) in [7, 11) is -2.04. The van der Waals surface area contributed by atoms with Crippen LogP contribution in [-0.2, 0) is 24.2 Å². The molecule has 2 aromatic rings. The van der Waals surface area contributed by atoms with Gasteiger partial charge in [-0.2, -0.15) is 5.10 Å². The number of methoxy groups -OCH3 is 1. The molecule has 2 aliphatic heterocycles. The van der Waals surface area contributed by atoms with Crippen molar-refractivity contribution in [2.45, 2.75) is 18.9 Å². The third kappa shape index (κ3) is 6.64. The number of hydrogen-bond donors (Lipinski definition) is 1. The molecule has 2 atom stereocenters. The van der Waals surface area contributed by atoms with Crippen molar-refractivity contribution < 1.29 is 32.2 Å². The molecule has 0 radical (unpaired) electrons. The van der Waals surface area contributed by atoms with Crippen LogP contribution in [0.4, 0.5) is 5.69 Å². The van der Waals surface area contributed by atoms with Crippen molar-refractivity contribution in [1.82, 2.24) is 15.0 Å². The predicted octanol–water partition coefficient (Wildman–Crippen LogP) is 1.10. The number of rotatable bonds is 11. The summed E-state index contributed by atoms with van der Waals surface area (Å²) in [5.74, 6) is -0.770. The van der Waals surface area contributed by atoms with Crippen LogP contribution in [0.5, 0.6) is 11.5 Å². The number of fused-ring (bicyclic) bond motifs is 1. The maximum Gasteiger partial charge on any atom is 0.320 e. The van der Waals surface area contributed by atoms with E-state index in [1.54, 1.807) is 29.3 Å². The van der Waals surface area contributed by atoms with Gasteiger partial charge in [0.15, 0.2) is 21.3 Å². The summed E-state index contributed by atoms with van der Waals surface area (Å²) in [6.07, 6.45) is 5.10. The van der Waals surface area contributed by atoms with Crippen molar-refractivity contribution in [2.75, 3.05) is 43.2 Å². The van der Waals surface area contributed by atoms with E-state index < -0.39 is 34.2 Å².